The molecule has 0 saturated carbocycles. The molecule has 2 rings (SSSR count). The minimum atomic E-state index is -0.216. The standard InChI is InChI=1S/C9H5FIN/c10-7-1-2-8-6(3-7)4-12-5-9(8)11/h1-5H. The highest BCUT2D eigenvalue weighted by molar-refractivity contribution is 14.1. The summed E-state index contributed by atoms with van der Waals surface area (Å²) in [7, 11) is 0. The molecule has 12 heavy (non-hydrogen) atoms. The van der Waals surface area contributed by atoms with Crippen LogP contribution >= 0.6 is 22.6 Å². The SMILES string of the molecule is Fc1ccc2c(I)cncc2c1. The van der Waals surface area contributed by atoms with Gasteiger partial charge in [0.1, 0.15) is 5.82 Å². The first-order chi connectivity index (χ1) is 5.77. The molecule has 3 heteroatoms. The van der Waals surface area contributed by atoms with E-state index in [1.54, 1.807) is 18.5 Å². The Morgan fingerprint density at radius 1 is 1.25 bits per heavy atom. The molecule has 1 aromatic carbocycles. The second kappa shape index (κ2) is 2.97. The zero-order valence-electron chi connectivity index (χ0n) is 6.09. The van der Waals surface area contributed by atoms with Crippen LogP contribution in [0.2, 0.25) is 0 Å². The molecule has 0 spiro atoms. The van der Waals surface area contributed by atoms with Gasteiger partial charge in [-0.1, -0.05) is 6.07 Å². The summed E-state index contributed by atoms with van der Waals surface area (Å²) in [5.74, 6) is -0.216. The molecule has 0 bridgehead atoms. The number of rotatable bonds is 0. The van der Waals surface area contributed by atoms with Crippen molar-refractivity contribution in [2.45, 2.75) is 0 Å². The van der Waals surface area contributed by atoms with Gasteiger partial charge in [-0.2, -0.15) is 0 Å². The van der Waals surface area contributed by atoms with Crippen molar-refractivity contribution in [2.75, 3.05) is 0 Å². The van der Waals surface area contributed by atoms with Gasteiger partial charge in [-0.15, -0.1) is 0 Å². The summed E-state index contributed by atoms with van der Waals surface area (Å²) in [6.45, 7) is 0. The Labute approximate surface area is 82.8 Å². The van der Waals surface area contributed by atoms with E-state index in [0.717, 1.165) is 14.3 Å². The van der Waals surface area contributed by atoms with E-state index >= 15 is 0 Å². The predicted molar refractivity (Wildman–Crippen MR) is 54.4 cm³/mol. The van der Waals surface area contributed by atoms with Crippen LogP contribution < -0.4 is 0 Å². The quantitative estimate of drug-likeness (QED) is 0.672. The molecule has 60 valence electrons. The zero-order valence-corrected chi connectivity index (χ0v) is 8.25. The maximum Gasteiger partial charge on any atom is 0.123 e. The summed E-state index contributed by atoms with van der Waals surface area (Å²) in [5, 5.41) is 1.90. The third kappa shape index (κ3) is 1.29. The Kier molecular flexibility index (Phi) is 1.96. The lowest BCUT2D eigenvalue weighted by Gasteiger charge is -1.98. The van der Waals surface area contributed by atoms with Gasteiger partial charge in [-0.25, -0.2) is 4.39 Å². The molecule has 2 aromatic rings. The Morgan fingerprint density at radius 3 is 2.92 bits per heavy atom. The lowest BCUT2D eigenvalue weighted by molar-refractivity contribution is 0.629. The third-order valence-corrected chi connectivity index (χ3v) is 2.53. The molecule has 0 unspecified atom stereocenters. The largest absolute Gasteiger partial charge is 0.263 e. The fourth-order valence-electron chi connectivity index (χ4n) is 1.11. The number of pyridine rings is 1. The molecular weight excluding hydrogens is 268 g/mol. The fraction of sp³-hybridized carbons (Fsp3) is 0. The number of hydrogen-bond donors (Lipinski definition) is 0. The normalized spacial score (nSPS) is 10.5. The lowest BCUT2D eigenvalue weighted by Crippen LogP contribution is -1.81. The number of nitrogens with zero attached hydrogens (tertiary/aromatic N) is 1. The first-order valence-corrected chi connectivity index (χ1v) is 4.54. The van der Waals surface area contributed by atoms with E-state index in [4.69, 9.17) is 0 Å². The van der Waals surface area contributed by atoms with Crippen LogP contribution in [0.3, 0.4) is 0 Å². The van der Waals surface area contributed by atoms with Crippen molar-refractivity contribution < 1.29 is 4.39 Å². The van der Waals surface area contributed by atoms with Crippen molar-refractivity contribution in [2.24, 2.45) is 0 Å². The Bertz CT molecular complexity index is 428. The topological polar surface area (TPSA) is 12.9 Å². The minimum absolute atomic E-state index is 0.216. The third-order valence-electron chi connectivity index (χ3n) is 1.67. The highest BCUT2D eigenvalue weighted by Crippen LogP contribution is 2.19. The zero-order chi connectivity index (χ0) is 8.55. The van der Waals surface area contributed by atoms with Crippen LogP contribution in [0.1, 0.15) is 0 Å². The first-order valence-electron chi connectivity index (χ1n) is 3.46. The fourth-order valence-corrected chi connectivity index (χ4v) is 1.76. The smallest absolute Gasteiger partial charge is 0.123 e. The number of aromatic nitrogens is 1. The molecule has 1 heterocycles. The Balaban J connectivity index is 2.86. The van der Waals surface area contributed by atoms with E-state index in [0.29, 0.717) is 0 Å². The Morgan fingerprint density at radius 2 is 2.08 bits per heavy atom. The molecule has 1 nitrogen and oxygen atoms in total. The van der Waals surface area contributed by atoms with Crippen molar-refractivity contribution >= 4 is 33.4 Å². The Hall–Kier alpha value is -0.710. The van der Waals surface area contributed by atoms with Gasteiger partial charge in [0.15, 0.2) is 0 Å². The second-order valence-electron chi connectivity index (χ2n) is 2.49. The van der Waals surface area contributed by atoms with Crippen molar-refractivity contribution in [3.05, 3.63) is 40.0 Å². The molecule has 0 atom stereocenters. The van der Waals surface area contributed by atoms with Crippen LogP contribution in [-0.2, 0) is 0 Å². The number of benzene rings is 1. The van der Waals surface area contributed by atoms with Crippen molar-refractivity contribution in [3.63, 3.8) is 0 Å². The molecule has 0 aliphatic heterocycles. The minimum Gasteiger partial charge on any atom is -0.263 e. The van der Waals surface area contributed by atoms with Crippen molar-refractivity contribution in [1.29, 1.82) is 0 Å². The molecule has 0 radical (unpaired) electrons. The molecular formula is C9H5FIN. The summed E-state index contributed by atoms with van der Waals surface area (Å²) in [6.07, 6.45) is 3.43. The van der Waals surface area contributed by atoms with Gasteiger partial charge in [0.2, 0.25) is 0 Å². The predicted octanol–water partition coefficient (Wildman–Crippen LogP) is 2.98. The average Bonchev–Trinajstić information content (AvgIpc) is 2.04. The van der Waals surface area contributed by atoms with Gasteiger partial charge in [0.05, 0.1) is 0 Å². The molecule has 0 saturated heterocycles. The van der Waals surface area contributed by atoms with Crippen molar-refractivity contribution in [1.82, 2.24) is 4.98 Å². The second-order valence-corrected chi connectivity index (χ2v) is 3.65. The summed E-state index contributed by atoms with van der Waals surface area (Å²) in [6, 6.07) is 4.73. The first kappa shape index (κ1) is 7.91. The molecule has 0 aliphatic rings. The number of hydrogen-bond acceptors (Lipinski definition) is 1. The lowest BCUT2D eigenvalue weighted by atomic mass is 10.2. The molecule has 0 fully saturated rings. The van der Waals surface area contributed by atoms with Gasteiger partial charge < -0.3 is 0 Å². The maximum absolute atomic E-state index is 12.7. The van der Waals surface area contributed by atoms with Gasteiger partial charge in [0.25, 0.3) is 0 Å². The van der Waals surface area contributed by atoms with E-state index in [1.165, 1.54) is 12.1 Å². The number of fused-ring (bicyclic) bond motifs is 1. The van der Waals surface area contributed by atoms with E-state index < -0.39 is 0 Å². The highest BCUT2D eigenvalue weighted by atomic mass is 127. The van der Waals surface area contributed by atoms with Crippen LogP contribution in [0.25, 0.3) is 10.8 Å². The van der Waals surface area contributed by atoms with E-state index in [1.807, 2.05) is 0 Å². The average molecular weight is 273 g/mol. The van der Waals surface area contributed by atoms with Crippen LogP contribution in [0.4, 0.5) is 4.39 Å². The molecule has 0 amide bonds. The highest BCUT2D eigenvalue weighted by Gasteiger charge is 1.98. The summed E-state index contributed by atoms with van der Waals surface area (Å²) in [5.41, 5.74) is 0. The number of halogens is 2. The van der Waals surface area contributed by atoms with Gasteiger partial charge in [0, 0.05) is 21.4 Å². The van der Waals surface area contributed by atoms with Crippen LogP contribution in [0, 0.1) is 9.39 Å². The molecule has 0 aliphatic carbocycles. The monoisotopic (exact) mass is 273 g/mol. The summed E-state index contributed by atoms with van der Waals surface area (Å²) in [4.78, 5) is 3.98. The van der Waals surface area contributed by atoms with E-state index in [-0.39, 0.29) is 5.82 Å². The van der Waals surface area contributed by atoms with E-state index in [2.05, 4.69) is 27.6 Å². The van der Waals surface area contributed by atoms with Crippen LogP contribution in [-0.4, -0.2) is 4.98 Å². The molecule has 0 N–H and O–H groups in total. The van der Waals surface area contributed by atoms with E-state index in [9.17, 15) is 4.39 Å². The maximum atomic E-state index is 12.7. The van der Waals surface area contributed by atoms with Gasteiger partial charge in [-0.05, 0) is 40.1 Å². The van der Waals surface area contributed by atoms with Crippen LogP contribution in [0.15, 0.2) is 30.6 Å². The van der Waals surface area contributed by atoms with Gasteiger partial charge in [-0.3, -0.25) is 4.98 Å². The molecule has 1 aromatic heterocycles. The summed E-state index contributed by atoms with van der Waals surface area (Å²) >= 11 is 2.18. The van der Waals surface area contributed by atoms with Crippen LogP contribution in [0.5, 0.6) is 0 Å². The summed E-state index contributed by atoms with van der Waals surface area (Å²) < 4.78 is 13.8. The van der Waals surface area contributed by atoms with Gasteiger partial charge >= 0.3 is 0 Å². The van der Waals surface area contributed by atoms with Crippen molar-refractivity contribution in [3.8, 4) is 0 Å².